The molecule has 1 saturated carbocycles. The van der Waals surface area contributed by atoms with E-state index in [0.29, 0.717) is 0 Å². The maximum absolute atomic E-state index is 5.52. The Morgan fingerprint density at radius 3 is 2.17 bits per heavy atom. The molecule has 0 heterocycles. The Labute approximate surface area is 189 Å². The van der Waals surface area contributed by atoms with E-state index in [9.17, 15) is 0 Å². The lowest BCUT2D eigenvalue weighted by Gasteiger charge is -2.29. The lowest BCUT2D eigenvalue weighted by atomic mass is 9.77. The fraction of sp³-hybridized carbons (Fsp3) is 0.571. The van der Waals surface area contributed by atoms with Crippen LogP contribution in [0.3, 0.4) is 0 Å². The highest BCUT2D eigenvalue weighted by molar-refractivity contribution is 7.98. The molecule has 1 aliphatic carbocycles. The average molecular weight is 425 g/mol. The first-order valence-electron chi connectivity index (χ1n) is 12.2. The zero-order chi connectivity index (χ0) is 21.0. The molecule has 0 aliphatic heterocycles. The van der Waals surface area contributed by atoms with Crippen molar-refractivity contribution in [3.63, 3.8) is 0 Å². The van der Waals surface area contributed by atoms with Crippen LogP contribution >= 0.6 is 11.8 Å². The Hall–Kier alpha value is -1.41. The van der Waals surface area contributed by atoms with Crippen molar-refractivity contribution in [2.24, 2.45) is 5.92 Å². The van der Waals surface area contributed by atoms with Gasteiger partial charge in [0.25, 0.3) is 0 Å². The molecule has 164 valence electrons. The molecule has 2 aromatic carbocycles. The predicted molar refractivity (Wildman–Crippen MR) is 132 cm³/mol. The summed E-state index contributed by atoms with van der Waals surface area (Å²) in [5.41, 5.74) is 2.98. The van der Waals surface area contributed by atoms with E-state index in [4.69, 9.17) is 4.74 Å². The standard InChI is InChI=1S/C28H40OS/c1-3-5-6-7-8-9-23-10-14-25(15-11-23)26-16-12-24(13-17-26)22-30-28-20-18-27(19-21-28)29-4-2/h12-13,16-21,23,25H,3-11,14-15,22H2,1-2H3. The normalized spacial score (nSPS) is 19.0. The van der Waals surface area contributed by atoms with E-state index in [1.807, 2.05) is 18.7 Å². The van der Waals surface area contributed by atoms with Crippen molar-refractivity contribution in [3.8, 4) is 5.75 Å². The molecule has 2 heteroatoms. The Kier molecular flexibility index (Phi) is 10.2. The van der Waals surface area contributed by atoms with Gasteiger partial charge in [0.1, 0.15) is 5.75 Å². The SMILES string of the molecule is CCCCCCCC1CCC(c2ccc(CSc3ccc(OCC)cc3)cc2)CC1. The van der Waals surface area contributed by atoms with Crippen molar-refractivity contribution < 1.29 is 4.74 Å². The number of benzene rings is 2. The molecule has 2 aromatic rings. The van der Waals surface area contributed by atoms with Crippen LogP contribution in [-0.4, -0.2) is 6.61 Å². The van der Waals surface area contributed by atoms with E-state index in [1.165, 1.54) is 74.7 Å². The number of ether oxygens (including phenoxy) is 1. The van der Waals surface area contributed by atoms with Crippen LogP contribution < -0.4 is 4.74 Å². The van der Waals surface area contributed by atoms with E-state index in [2.05, 4.69) is 55.5 Å². The minimum absolute atomic E-state index is 0.722. The van der Waals surface area contributed by atoms with Crippen molar-refractivity contribution in [3.05, 3.63) is 59.7 Å². The summed E-state index contributed by atoms with van der Waals surface area (Å²) >= 11 is 1.90. The third-order valence-corrected chi connectivity index (χ3v) is 7.64. The summed E-state index contributed by atoms with van der Waals surface area (Å²) < 4.78 is 5.52. The quantitative estimate of drug-likeness (QED) is 0.248. The second-order valence-corrected chi connectivity index (χ2v) is 9.90. The summed E-state index contributed by atoms with van der Waals surface area (Å²) in [5.74, 6) is 3.76. The van der Waals surface area contributed by atoms with E-state index in [-0.39, 0.29) is 0 Å². The highest BCUT2D eigenvalue weighted by atomic mass is 32.2. The van der Waals surface area contributed by atoms with Crippen LogP contribution in [0.25, 0.3) is 0 Å². The maximum Gasteiger partial charge on any atom is 0.119 e. The molecule has 1 nitrogen and oxygen atoms in total. The zero-order valence-corrected chi connectivity index (χ0v) is 19.9. The van der Waals surface area contributed by atoms with Crippen LogP contribution in [0.4, 0.5) is 0 Å². The minimum atomic E-state index is 0.722. The fourth-order valence-corrected chi connectivity index (χ4v) is 5.53. The van der Waals surface area contributed by atoms with Gasteiger partial charge in [0, 0.05) is 10.6 Å². The van der Waals surface area contributed by atoms with Gasteiger partial charge >= 0.3 is 0 Å². The molecule has 0 aromatic heterocycles. The van der Waals surface area contributed by atoms with Gasteiger partial charge in [0.15, 0.2) is 0 Å². The summed E-state index contributed by atoms with van der Waals surface area (Å²) in [5, 5.41) is 0. The molecule has 30 heavy (non-hydrogen) atoms. The molecular weight excluding hydrogens is 384 g/mol. The van der Waals surface area contributed by atoms with Crippen molar-refractivity contribution in [1.82, 2.24) is 0 Å². The van der Waals surface area contributed by atoms with Gasteiger partial charge < -0.3 is 4.74 Å². The Bertz CT molecular complexity index is 698. The summed E-state index contributed by atoms with van der Waals surface area (Å²) in [4.78, 5) is 1.30. The topological polar surface area (TPSA) is 9.23 Å². The highest BCUT2D eigenvalue weighted by Gasteiger charge is 2.22. The number of thioether (sulfide) groups is 1. The summed E-state index contributed by atoms with van der Waals surface area (Å²) in [6.45, 7) is 5.04. The fourth-order valence-electron chi connectivity index (χ4n) is 4.67. The zero-order valence-electron chi connectivity index (χ0n) is 19.1. The summed E-state index contributed by atoms with van der Waals surface area (Å²) in [6, 6.07) is 17.9. The molecule has 0 spiro atoms. The van der Waals surface area contributed by atoms with E-state index >= 15 is 0 Å². The van der Waals surface area contributed by atoms with Gasteiger partial charge in [-0.15, -0.1) is 11.8 Å². The Morgan fingerprint density at radius 1 is 0.800 bits per heavy atom. The second kappa shape index (κ2) is 13.1. The number of hydrogen-bond acceptors (Lipinski definition) is 2. The molecular formula is C28H40OS. The third kappa shape index (κ3) is 7.69. The second-order valence-electron chi connectivity index (χ2n) is 8.86. The van der Waals surface area contributed by atoms with Crippen molar-refractivity contribution in [2.45, 2.75) is 94.6 Å². The number of unbranched alkanes of at least 4 members (excludes halogenated alkanes) is 4. The predicted octanol–water partition coefficient (Wildman–Crippen LogP) is 9.01. The van der Waals surface area contributed by atoms with Crippen LogP contribution in [0, 0.1) is 5.92 Å². The molecule has 1 aliphatic rings. The summed E-state index contributed by atoms with van der Waals surface area (Å²) in [6.07, 6.45) is 14.2. The molecule has 3 rings (SSSR count). The van der Waals surface area contributed by atoms with Gasteiger partial charge in [0.05, 0.1) is 6.61 Å². The van der Waals surface area contributed by atoms with Gasteiger partial charge in [-0.05, 0) is 79.8 Å². The van der Waals surface area contributed by atoms with Crippen LogP contribution in [0.5, 0.6) is 5.75 Å². The van der Waals surface area contributed by atoms with E-state index in [0.717, 1.165) is 29.9 Å². The molecule has 0 saturated heterocycles. The molecule has 1 fully saturated rings. The van der Waals surface area contributed by atoms with Gasteiger partial charge in [0.2, 0.25) is 0 Å². The largest absolute Gasteiger partial charge is 0.494 e. The molecule has 0 atom stereocenters. The molecule has 0 amide bonds. The molecule has 0 N–H and O–H groups in total. The lowest BCUT2D eigenvalue weighted by molar-refractivity contribution is 0.302. The van der Waals surface area contributed by atoms with Crippen LogP contribution in [0.1, 0.15) is 95.1 Å². The van der Waals surface area contributed by atoms with E-state index in [1.54, 1.807) is 5.56 Å². The van der Waals surface area contributed by atoms with Gasteiger partial charge in [-0.3, -0.25) is 0 Å². The number of hydrogen-bond donors (Lipinski definition) is 0. The Morgan fingerprint density at radius 2 is 1.50 bits per heavy atom. The van der Waals surface area contributed by atoms with Gasteiger partial charge in [-0.2, -0.15) is 0 Å². The molecule has 0 unspecified atom stereocenters. The summed E-state index contributed by atoms with van der Waals surface area (Å²) in [7, 11) is 0. The van der Waals surface area contributed by atoms with Crippen molar-refractivity contribution in [1.29, 1.82) is 0 Å². The highest BCUT2D eigenvalue weighted by Crippen LogP contribution is 2.38. The first-order valence-corrected chi connectivity index (χ1v) is 13.2. The molecule has 0 radical (unpaired) electrons. The third-order valence-electron chi connectivity index (χ3n) is 6.55. The van der Waals surface area contributed by atoms with Crippen LogP contribution in [0.2, 0.25) is 0 Å². The first kappa shape index (κ1) is 23.3. The van der Waals surface area contributed by atoms with Crippen LogP contribution in [0.15, 0.2) is 53.4 Å². The van der Waals surface area contributed by atoms with E-state index < -0.39 is 0 Å². The van der Waals surface area contributed by atoms with Crippen LogP contribution in [-0.2, 0) is 5.75 Å². The Balaban J connectivity index is 1.38. The molecule has 0 bridgehead atoms. The lowest BCUT2D eigenvalue weighted by Crippen LogP contribution is -2.13. The van der Waals surface area contributed by atoms with Crippen molar-refractivity contribution >= 4 is 11.8 Å². The first-order chi connectivity index (χ1) is 14.8. The van der Waals surface area contributed by atoms with Gasteiger partial charge in [-0.1, -0.05) is 69.7 Å². The smallest absolute Gasteiger partial charge is 0.119 e. The minimum Gasteiger partial charge on any atom is -0.494 e. The van der Waals surface area contributed by atoms with Gasteiger partial charge in [-0.25, -0.2) is 0 Å². The monoisotopic (exact) mass is 424 g/mol. The average Bonchev–Trinajstić information content (AvgIpc) is 2.79. The van der Waals surface area contributed by atoms with Crippen molar-refractivity contribution in [2.75, 3.05) is 6.61 Å². The number of rotatable bonds is 12. The maximum atomic E-state index is 5.52.